The van der Waals surface area contributed by atoms with Gasteiger partial charge in [0, 0.05) is 0 Å². The number of rotatable bonds is 7. The maximum absolute atomic E-state index is 6.03. The molecule has 2 aliphatic heterocycles. The number of hydrazone groups is 1. The lowest BCUT2D eigenvalue weighted by Crippen LogP contribution is -2.38. The first-order valence-corrected chi connectivity index (χ1v) is 8.82. The Kier molecular flexibility index (Phi) is 6.17. The van der Waals surface area contributed by atoms with Gasteiger partial charge in [-0.15, -0.1) is 0 Å². The van der Waals surface area contributed by atoms with Gasteiger partial charge in [0.05, 0.1) is 12.7 Å². The minimum Gasteiger partial charge on any atom is -0.450 e. The predicted molar refractivity (Wildman–Crippen MR) is 99.5 cm³/mol. The van der Waals surface area contributed by atoms with E-state index in [4.69, 9.17) is 19.5 Å². The Hall–Kier alpha value is -2.21. The third-order valence-electron chi connectivity index (χ3n) is 3.75. The summed E-state index contributed by atoms with van der Waals surface area (Å²) in [5.41, 5.74) is 6.61. The summed E-state index contributed by atoms with van der Waals surface area (Å²) < 4.78 is 17.2. The van der Waals surface area contributed by atoms with E-state index in [2.05, 4.69) is 16.7 Å². The SMILES string of the molecule is C=C/C=C1/C(N)=NC=NN1C1CCC(COPOc2ccccc2)O1. The van der Waals surface area contributed by atoms with E-state index in [0.717, 1.165) is 18.6 Å². The molecule has 3 unspecified atom stereocenters. The summed E-state index contributed by atoms with van der Waals surface area (Å²) in [6.07, 6.45) is 6.38. The molecule has 0 aromatic heterocycles. The molecule has 1 aromatic rings. The Morgan fingerprint density at radius 3 is 3.00 bits per heavy atom. The van der Waals surface area contributed by atoms with Crippen LogP contribution in [0.25, 0.3) is 0 Å². The quantitative estimate of drug-likeness (QED) is 0.597. The zero-order valence-corrected chi connectivity index (χ0v) is 14.7. The highest BCUT2D eigenvalue weighted by atomic mass is 31.1. The van der Waals surface area contributed by atoms with Crippen LogP contribution in [0.15, 0.2) is 64.9 Å². The van der Waals surface area contributed by atoms with Crippen molar-refractivity contribution in [3.63, 3.8) is 0 Å². The van der Waals surface area contributed by atoms with E-state index in [0.29, 0.717) is 18.1 Å². The van der Waals surface area contributed by atoms with Crippen molar-refractivity contribution in [2.24, 2.45) is 15.8 Å². The second-order valence-corrected chi connectivity index (χ2v) is 6.14. The third kappa shape index (κ3) is 4.66. The van der Waals surface area contributed by atoms with Crippen LogP contribution >= 0.6 is 9.03 Å². The zero-order chi connectivity index (χ0) is 17.5. The van der Waals surface area contributed by atoms with E-state index < -0.39 is 0 Å². The highest BCUT2D eigenvalue weighted by molar-refractivity contribution is 7.26. The number of hydrogen-bond acceptors (Lipinski definition) is 7. The molecule has 2 heterocycles. The Bertz CT molecular complexity index is 678. The molecule has 0 bridgehead atoms. The summed E-state index contributed by atoms with van der Waals surface area (Å²) in [6, 6.07) is 9.58. The van der Waals surface area contributed by atoms with Crippen molar-refractivity contribution in [2.45, 2.75) is 25.2 Å². The predicted octanol–water partition coefficient (Wildman–Crippen LogP) is 2.78. The van der Waals surface area contributed by atoms with Gasteiger partial charge in [-0.25, -0.2) is 10.0 Å². The van der Waals surface area contributed by atoms with Crippen molar-refractivity contribution in [2.75, 3.05) is 6.61 Å². The second kappa shape index (κ2) is 8.76. The fraction of sp³-hybridized carbons (Fsp3) is 0.294. The molecule has 3 atom stereocenters. The summed E-state index contributed by atoms with van der Waals surface area (Å²) >= 11 is 0. The van der Waals surface area contributed by atoms with Crippen LogP contribution in [0.4, 0.5) is 0 Å². The van der Waals surface area contributed by atoms with Gasteiger partial charge in [0.15, 0.2) is 12.1 Å². The molecule has 1 fully saturated rings. The van der Waals surface area contributed by atoms with E-state index in [-0.39, 0.29) is 21.4 Å². The molecule has 0 amide bonds. The lowest BCUT2D eigenvalue weighted by molar-refractivity contribution is -0.0480. The van der Waals surface area contributed by atoms with Crippen LogP contribution in [0.2, 0.25) is 0 Å². The first kappa shape index (κ1) is 17.6. The fourth-order valence-corrected chi connectivity index (χ4v) is 3.12. The van der Waals surface area contributed by atoms with Crippen molar-refractivity contribution in [3.8, 4) is 5.75 Å². The molecule has 1 saturated heterocycles. The summed E-state index contributed by atoms with van der Waals surface area (Å²) in [6.45, 7) is 4.18. The van der Waals surface area contributed by atoms with Gasteiger partial charge in [-0.3, -0.25) is 0 Å². The standard InChI is InChI=1S/C17H21N4O3P/c1-2-6-15-17(18)19-12-20-21(15)16-10-9-14(23-16)11-22-25-24-13-7-4-3-5-8-13/h2-8,12,14,16,25H,1,9-11H2,(H2,18,19,20)/b15-6-. The minimum atomic E-state index is -0.191. The van der Waals surface area contributed by atoms with Gasteiger partial charge >= 0.3 is 0 Å². The van der Waals surface area contributed by atoms with E-state index in [1.165, 1.54) is 6.34 Å². The smallest absolute Gasteiger partial charge is 0.215 e. The monoisotopic (exact) mass is 360 g/mol. The number of allylic oxidation sites excluding steroid dienone is 2. The van der Waals surface area contributed by atoms with Crippen LogP contribution < -0.4 is 10.3 Å². The van der Waals surface area contributed by atoms with Gasteiger partial charge in [0.2, 0.25) is 9.03 Å². The van der Waals surface area contributed by atoms with E-state index in [1.54, 1.807) is 17.2 Å². The van der Waals surface area contributed by atoms with Crippen molar-refractivity contribution >= 4 is 21.2 Å². The number of hydrogen-bond donors (Lipinski definition) is 1. The number of para-hydroxylation sites is 1. The van der Waals surface area contributed by atoms with Crippen LogP contribution in [-0.4, -0.2) is 36.1 Å². The van der Waals surface area contributed by atoms with Crippen LogP contribution in [-0.2, 0) is 9.26 Å². The largest absolute Gasteiger partial charge is 0.450 e. The van der Waals surface area contributed by atoms with Crippen LogP contribution in [0.3, 0.4) is 0 Å². The molecule has 2 N–H and O–H groups in total. The van der Waals surface area contributed by atoms with Crippen molar-refractivity contribution in [1.82, 2.24) is 5.01 Å². The second-order valence-electron chi connectivity index (χ2n) is 5.48. The summed E-state index contributed by atoms with van der Waals surface area (Å²) in [4.78, 5) is 4.01. The number of benzene rings is 1. The van der Waals surface area contributed by atoms with Gasteiger partial charge < -0.3 is 19.5 Å². The molecule has 132 valence electrons. The average molecular weight is 360 g/mol. The summed E-state index contributed by atoms with van der Waals surface area (Å²) in [5.74, 6) is 1.19. The highest BCUT2D eigenvalue weighted by Crippen LogP contribution is 2.29. The first-order chi connectivity index (χ1) is 12.3. The van der Waals surface area contributed by atoms with Crippen LogP contribution in [0, 0.1) is 0 Å². The first-order valence-electron chi connectivity index (χ1n) is 8.00. The van der Waals surface area contributed by atoms with Gasteiger partial charge in [0.25, 0.3) is 0 Å². The number of aliphatic imine (C=N–C) groups is 1. The normalized spacial score (nSPS) is 24.9. The average Bonchev–Trinajstić information content (AvgIpc) is 3.10. The molecule has 0 radical (unpaired) electrons. The van der Waals surface area contributed by atoms with Crippen LogP contribution in [0.1, 0.15) is 12.8 Å². The number of amidine groups is 1. The number of ether oxygens (including phenoxy) is 1. The molecule has 1 aromatic carbocycles. The van der Waals surface area contributed by atoms with Crippen molar-refractivity contribution in [3.05, 3.63) is 54.8 Å². The molecular weight excluding hydrogens is 339 g/mol. The Balaban J connectivity index is 1.45. The maximum Gasteiger partial charge on any atom is 0.215 e. The molecule has 25 heavy (non-hydrogen) atoms. The van der Waals surface area contributed by atoms with Crippen LogP contribution in [0.5, 0.6) is 5.75 Å². The molecule has 0 saturated carbocycles. The number of nitrogens with zero attached hydrogens (tertiary/aromatic N) is 3. The van der Waals surface area contributed by atoms with Gasteiger partial charge in [-0.05, 0) is 31.1 Å². The minimum absolute atomic E-state index is 0.00264. The Morgan fingerprint density at radius 1 is 1.36 bits per heavy atom. The summed E-state index contributed by atoms with van der Waals surface area (Å²) in [5, 5.41) is 6.01. The molecule has 0 spiro atoms. The van der Waals surface area contributed by atoms with Gasteiger partial charge in [-0.1, -0.05) is 30.9 Å². The molecule has 8 heteroatoms. The fourth-order valence-electron chi connectivity index (χ4n) is 2.57. The molecule has 0 aliphatic carbocycles. The van der Waals surface area contributed by atoms with Gasteiger partial charge in [-0.2, -0.15) is 5.10 Å². The lowest BCUT2D eigenvalue weighted by Gasteiger charge is -2.29. The van der Waals surface area contributed by atoms with Crippen molar-refractivity contribution < 1.29 is 13.8 Å². The Labute approximate surface area is 148 Å². The molecule has 3 rings (SSSR count). The summed E-state index contributed by atoms with van der Waals surface area (Å²) in [7, 11) is -0.0612. The lowest BCUT2D eigenvalue weighted by atomic mass is 10.2. The topological polar surface area (TPSA) is 81.7 Å². The Morgan fingerprint density at radius 2 is 2.20 bits per heavy atom. The van der Waals surface area contributed by atoms with Gasteiger partial charge in [0.1, 0.15) is 17.8 Å². The highest BCUT2D eigenvalue weighted by Gasteiger charge is 2.33. The van der Waals surface area contributed by atoms with Crippen molar-refractivity contribution in [1.29, 1.82) is 0 Å². The third-order valence-corrected chi connectivity index (χ3v) is 4.35. The maximum atomic E-state index is 6.03. The van der Waals surface area contributed by atoms with E-state index in [9.17, 15) is 0 Å². The molecular formula is C17H21N4O3P. The molecule has 7 nitrogen and oxygen atoms in total. The van der Waals surface area contributed by atoms with E-state index >= 15 is 0 Å². The molecule has 2 aliphatic rings. The van der Waals surface area contributed by atoms with E-state index in [1.807, 2.05) is 30.3 Å². The number of nitrogens with two attached hydrogens (primary N) is 1. The zero-order valence-electron chi connectivity index (χ0n) is 13.7.